The predicted octanol–water partition coefficient (Wildman–Crippen LogP) is -4.44. The maximum atomic E-state index is 13.0. The molecule has 230 valence electrons. The van der Waals surface area contributed by atoms with Crippen LogP contribution in [0.2, 0.25) is 0 Å². The van der Waals surface area contributed by atoms with Crippen molar-refractivity contribution in [2.75, 3.05) is 13.1 Å². The van der Waals surface area contributed by atoms with Gasteiger partial charge in [-0.25, -0.2) is 0 Å². The molecule has 4 unspecified atom stereocenters. The van der Waals surface area contributed by atoms with E-state index in [0.29, 0.717) is 0 Å². The van der Waals surface area contributed by atoms with Crippen molar-refractivity contribution in [3.63, 3.8) is 0 Å². The minimum atomic E-state index is -1.73. The molecule has 0 aromatic rings. The predicted molar refractivity (Wildman–Crippen MR) is 134 cm³/mol. The van der Waals surface area contributed by atoms with E-state index >= 15 is 0 Å². The minimum Gasteiger partial charge on any atom is -0.481 e. The molecule has 0 aliphatic heterocycles. The van der Waals surface area contributed by atoms with Crippen LogP contribution in [0.5, 0.6) is 0 Å². The Hall–Kier alpha value is -4.81. The molecule has 11 N–H and O–H groups in total. The normalized spacial score (nSPS) is 13.5. The van der Waals surface area contributed by atoms with Crippen molar-refractivity contribution < 1.29 is 63.6 Å². The van der Waals surface area contributed by atoms with Gasteiger partial charge in [0, 0.05) is 6.42 Å². The fraction of sp³-hybridized carbons (Fsp3) is 0.591. The molecule has 0 aromatic carbocycles. The summed E-state index contributed by atoms with van der Waals surface area (Å²) in [5, 5.41) is 46.4. The smallest absolute Gasteiger partial charge is 0.322 e. The number of aliphatic carboxylic acids is 4. The van der Waals surface area contributed by atoms with Gasteiger partial charge < -0.3 is 52.7 Å². The van der Waals surface area contributed by atoms with Crippen LogP contribution < -0.4 is 32.3 Å². The van der Waals surface area contributed by atoms with Crippen LogP contribution in [0.1, 0.15) is 39.5 Å². The third-order valence-electron chi connectivity index (χ3n) is 5.17. The van der Waals surface area contributed by atoms with Gasteiger partial charge in [0.15, 0.2) is 0 Å². The number of hydrogen-bond donors (Lipinski definition) is 10. The Morgan fingerprint density at radius 1 is 0.610 bits per heavy atom. The van der Waals surface area contributed by atoms with E-state index in [1.165, 1.54) is 13.8 Å². The van der Waals surface area contributed by atoms with Gasteiger partial charge in [-0.3, -0.25) is 43.2 Å². The van der Waals surface area contributed by atoms with E-state index in [0.717, 1.165) is 0 Å². The number of rotatable bonds is 19. The second-order valence-electron chi connectivity index (χ2n) is 8.92. The van der Waals surface area contributed by atoms with E-state index in [2.05, 4.69) is 21.3 Å². The van der Waals surface area contributed by atoms with Crippen LogP contribution in [0.15, 0.2) is 0 Å². The van der Waals surface area contributed by atoms with Crippen LogP contribution in [-0.4, -0.2) is 111 Å². The fourth-order valence-electron chi connectivity index (χ4n) is 3.17. The van der Waals surface area contributed by atoms with Gasteiger partial charge in [0.05, 0.1) is 19.4 Å². The SMILES string of the molecule is CC(C)C(NC(=O)C(CCC(=O)O)NC(=O)C(CC(=O)O)NC(=O)CN)C(=O)NC(CC(=O)O)C(=O)NCC(=O)O. The topological polar surface area (TPSA) is 321 Å². The number of nitrogens with two attached hydrogens (primary N) is 1. The lowest BCUT2D eigenvalue weighted by molar-refractivity contribution is -0.143. The molecule has 4 atom stereocenters. The first-order chi connectivity index (χ1) is 19.0. The highest BCUT2D eigenvalue weighted by atomic mass is 16.4. The molecule has 5 amide bonds. The van der Waals surface area contributed by atoms with Crippen LogP contribution >= 0.6 is 0 Å². The maximum absolute atomic E-state index is 13.0. The zero-order valence-corrected chi connectivity index (χ0v) is 22.2. The Labute approximate surface area is 232 Å². The standard InChI is InChI=1S/C22H34N6O13/c1-9(2)18(22(41)27-11(5-15(32)33)19(38)24-8-17(36)37)28-20(39)10(3-4-14(30)31)26-21(40)12(6-16(34)35)25-13(29)7-23/h9-12,18H,3-8,23H2,1-2H3,(H,24,38)(H,25,29)(H,26,40)(H,27,41)(H,28,39)(H,30,31)(H,32,33)(H,34,35)(H,36,37). The van der Waals surface area contributed by atoms with Crippen molar-refractivity contribution in [2.24, 2.45) is 11.7 Å². The Morgan fingerprint density at radius 2 is 1.10 bits per heavy atom. The molecular weight excluding hydrogens is 556 g/mol. The van der Waals surface area contributed by atoms with Crippen molar-refractivity contribution in [3.05, 3.63) is 0 Å². The summed E-state index contributed by atoms with van der Waals surface area (Å²) in [4.78, 5) is 107. The van der Waals surface area contributed by atoms with E-state index in [1.54, 1.807) is 0 Å². The van der Waals surface area contributed by atoms with Gasteiger partial charge in [0.2, 0.25) is 29.5 Å². The van der Waals surface area contributed by atoms with Crippen LogP contribution in [-0.2, 0) is 43.2 Å². The Kier molecular flexibility index (Phi) is 15.6. The summed E-state index contributed by atoms with van der Waals surface area (Å²) in [6, 6.07) is -6.54. The molecule has 0 rings (SSSR count). The van der Waals surface area contributed by atoms with Crippen molar-refractivity contribution in [1.29, 1.82) is 0 Å². The molecule has 19 heteroatoms. The zero-order chi connectivity index (χ0) is 31.9. The van der Waals surface area contributed by atoms with Gasteiger partial charge >= 0.3 is 23.9 Å². The molecule has 0 heterocycles. The molecule has 0 saturated carbocycles. The fourth-order valence-corrected chi connectivity index (χ4v) is 3.17. The number of carbonyl (C=O) groups excluding carboxylic acids is 5. The van der Waals surface area contributed by atoms with Gasteiger partial charge in [0.1, 0.15) is 30.7 Å². The number of carboxylic acid groups (broad SMARTS) is 4. The molecular formula is C22H34N6O13. The monoisotopic (exact) mass is 590 g/mol. The van der Waals surface area contributed by atoms with E-state index in [1.807, 2.05) is 5.32 Å². The Bertz CT molecular complexity index is 1030. The molecule has 0 fully saturated rings. The molecule has 0 aromatic heterocycles. The van der Waals surface area contributed by atoms with Crippen molar-refractivity contribution in [2.45, 2.75) is 63.7 Å². The summed E-state index contributed by atoms with van der Waals surface area (Å²) in [7, 11) is 0. The highest BCUT2D eigenvalue weighted by Gasteiger charge is 2.34. The molecule has 0 radical (unpaired) electrons. The quantitative estimate of drug-likeness (QED) is 0.0678. The van der Waals surface area contributed by atoms with E-state index in [-0.39, 0.29) is 0 Å². The number of amides is 5. The minimum absolute atomic E-state index is 0.525. The first-order valence-corrected chi connectivity index (χ1v) is 12.0. The van der Waals surface area contributed by atoms with Crippen LogP contribution in [0.3, 0.4) is 0 Å². The number of carbonyl (C=O) groups is 9. The van der Waals surface area contributed by atoms with Crippen molar-refractivity contribution >= 4 is 53.4 Å². The van der Waals surface area contributed by atoms with E-state index in [4.69, 9.17) is 26.2 Å². The molecule has 0 aliphatic carbocycles. The van der Waals surface area contributed by atoms with Crippen molar-refractivity contribution in [3.8, 4) is 0 Å². The highest BCUT2D eigenvalue weighted by Crippen LogP contribution is 2.07. The molecule has 41 heavy (non-hydrogen) atoms. The summed E-state index contributed by atoms with van der Waals surface area (Å²) >= 11 is 0. The highest BCUT2D eigenvalue weighted by molar-refractivity contribution is 5.97. The van der Waals surface area contributed by atoms with Crippen LogP contribution in [0, 0.1) is 5.92 Å². The second-order valence-corrected chi connectivity index (χ2v) is 8.92. The third kappa shape index (κ3) is 14.8. The zero-order valence-electron chi connectivity index (χ0n) is 22.2. The van der Waals surface area contributed by atoms with Gasteiger partial charge in [0.25, 0.3) is 0 Å². The molecule has 19 nitrogen and oxygen atoms in total. The van der Waals surface area contributed by atoms with Gasteiger partial charge in [-0.2, -0.15) is 0 Å². The first-order valence-electron chi connectivity index (χ1n) is 12.0. The summed E-state index contributed by atoms with van der Waals surface area (Å²) < 4.78 is 0. The summed E-state index contributed by atoms with van der Waals surface area (Å²) in [6.45, 7) is 1.46. The van der Waals surface area contributed by atoms with Crippen molar-refractivity contribution in [1.82, 2.24) is 26.6 Å². The Morgan fingerprint density at radius 3 is 1.54 bits per heavy atom. The average molecular weight is 591 g/mol. The lowest BCUT2D eigenvalue weighted by Gasteiger charge is -2.27. The van der Waals surface area contributed by atoms with Gasteiger partial charge in [-0.15, -0.1) is 0 Å². The summed E-state index contributed by atoms with van der Waals surface area (Å²) in [6.07, 6.45) is -3.02. The summed E-state index contributed by atoms with van der Waals surface area (Å²) in [5.41, 5.74) is 5.16. The maximum Gasteiger partial charge on any atom is 0.322 e. The number of hydrogen-bond acceptors (Lipinski definition) is 10. The molecule has 0 saturated heterocycles. The number of nitrogens with one attached hydrogen (secondary N) is 5. The van der Waals surface area contributed by atoms with Gasteiger partial charge in [-0.05, 0) is 12.3 Å². The lowest BCUT2D eigenvalue weighted by atomic mass is 10.0. The average Bonchev–Trinajstić information content (AvgIpc) is 2.85. The van der Waals surface area contributed by atoms with E-state index in [9.17, 15) is 43.2 Å². The number of carboxylic acids is 4. The van der Waals surface area contributed by atoms with Crippen LogP contribution in [0.25, 0.3) is 0 Å². The second kappa shape index (κ2) is 17.7. The largest absolute Gasteiger partial charge is 0.481 e. The summed E-state index contributed by atoms with van der Waals surface area (Å²) in [5.74, 6) is -11.9. The Balaban J connectivity index is 5.89. The van der Waals surface area contributed by atoms with E-state index < -0.39 is 122 Å². The molecule has 0 aliphatic rings. The van der Waals surface area contributed by atoms with Crippen LogP contribution in [0.4, 0.5) is 0 Å². The lowest BCUT2D eigenvalue weighted by Crippen LogP contribution is -2.60. The third-order valence-corrected chi connectivity index (χ3v) is 5.17. The molecule has 0 bridgehead atoms. The van der Waals surface area contributed by atoms with Gasteiger partial charge in [-0.1, -0.05) is 13.8 Å². The molecule has 0 spiro atoms. The first kappa shape index (κ1) is 36.2.